The summed E-state index contributed by atoms with van der Waals surface area (Å²) in [4.78, 5) is 12.6. The summed E-state index contributed by atoms with van der Waals surface area (Å²) in [5.41, 5.74) is 1.18. The molecule has 142 valence electrons. The topological polar surface area (TPSA) is 68.6 Å². The second kappa shape index (κ2) is 7.10. The highest BCUT2D eigenvalue weighted by Crippen LogP contribution is 2.27. The van der Waals surface area contributed by atoms with E-state index in [1.165, 1.54) is 21.1 Å². The van der Waals surface area contributed by atoms with Gasteiger partial charge in [-0.3, -0.25) is 0 Å². The number of aromatic nitrogens is 1. The predicted molar refractivity (Wildman–Crippen MR) is 104 cm³/mol. The fraction of sp³-hybridized carbons (Fsp3) is 0.316. The van der Waals surface area contributed by atoms with Crippen LogP contribution < -0.4 is 0 Å². The van der Waals surface area contributed by atoms with Crippen molar-refractivity contribution in [1.29, 1.82) is 0 Å². The second-order valence-electron chi connectivity index (χ2n) is 6.62. The highest BCUT2D eigenvalue weighted by molar-refractivity contribution is 7.89. The number of nitrogens with zero attached hydrogens (tertiary/aromatic N) is 2. The number of carbonyl (C=O) groups excluding carboxylic acids is 1. The number of hydrogen-bond donors (Lipinski definition) is 0. The Morgan fingerprint density at radius 3 is 2.74 bits per heavy atom. The molecule has 1 aromatic carbocycles. The van der Waals surface area contributed by atoms with Gasteiger partial charge in [0.15, 0.2) is 0 Å². The molecular weight excluding hydrogens is 384 g/mol. The third kappa shape index (κ3) is 3.40. The van der Waals surface area contributed by atoms with E-state index >= 15 is 0 Å². The van der Waals surface area contributed by atoms with Gasteiger partial charge in [0.05, 0.1) is 0 Å². The van der Waals surface area contributed by atoms with Gasteiger partial charge in [-0.05, 0) is 35.7 Å². The van der Waals surface area contributed by atoms with Crippen LogP contribution in [0.25, 0.3) is 10.1 Å². The Bertz CT molecular complexity index is 1090. The number of esters is 1. The van der Waals surface area contributed by atoms with Crippen LogP contribution in [-0.4, -0.2) is 36.3 Å². The van der Waals surface area contributed by atoms with Gasteiger partial charge in [0.2, 0.25) is 10.0 Å². The minimum absolute atomic E-state index is 0.139. The molecule has 3 heterocycles. The molecule has 8 heteroatoms. The molecular formula is C19H20N2O4S2. The maximum Gasteiger partial charge on any atom is 0.355 e. The van der Waals surface area contributed by atoms with Crippen molar-refractivity contribution in [3.05, 3.63) is 53.2 Å². The lowest BCUT2D eigenvalue weighted by Crippen LogP contribution is -2.27. The zero-order chi connectivity index (χ0) is 19.0. The molecule has 0 bridgehead atoms. The van der Waals surface area contributed by atoms with Gasteiger partial charge >= 0.3 is 5.97 Å². The Kier molecular flexibility index (Phi) is 4.79. The molecule has 0 saturated carbocycles. The fourth-order valence-corrected chi connectivity index (χ4v) is 5.85. The van der Waals surface area contributed by atoms with Gasteiger partial charge in [-0.2, -0.15) is 4.31 Å². The summed E-state index contributed by atoms with van der Waals surface area (Å²) in [5, 5.41) is 3.05. The number of benzene rings is 1. The van der Waals surface area contributed by atoms with Crippen molar-refractivity contribution < 1.29 is 17.9 Å². The number of carbonyl (C=O) groups is 1. The minimum atomic E-state index is -3.55. The molecule has 0 amide bonds. The Morgan fingerprint density at radius 2 is 1.96 bits per heavy atom. The van der Waals surface area contributed by atoms with Gasteiger partial charge in [0.25, 0.3) is 0 Å². The molecule has 4 rings (SSSR count). The molecule has 3 aromatic rings. The van der Waals surface area contributed by atoms with E-state index in [1.807, 2.05) is 29.6 Å². The Hall–Kier alpha value is -2.16. The van der Waals surface area contributed by atoms with Crippen LogP contribution in [-0.2, 0) is 28.4 Å². The highest BCUT2D eigenvalue weighted by atomic mass is 32.2. The van der Waals surface area contributed by atoms with Crippen molar-refractivity contribution in [1.82, 2.24) is 8.87 Å². The zero-order valence-corrected chi connectivity index (χ0v) is 16.6. The molecule has 2 aromatic heterocycles. The SMILES string of the molecule is Cn1cc(S(=O)(=O)N2CCCC2)cc1C(=O)OCc1csc2ccccc12. The number of rotatable bonds is 5. The summed E-state index contributed by atoms with van der Waals surface area (Å²) in [6, 6.07) is 9.35. The number of sulfonamides is 1. The van der Waals surface area contributed by atoms with Crippen LogP contribution in [0, 0.1) is 0 Å². The maximum atomic E-state index is 12.7. The largest absolute Gasteiger partial charge is 0.456 e. The normalized spacial score (nSPS) is 15.4. The smallest absolute Gasteiger partial charge is 0.355 e. The maximum absolute atomic E-state index is 12.7. The predicted octanol–water partition coefficient (Wildman–Crippen LogP) is 3.38. The van der Waals surface area contributed by atoms with E-state index in [2.05, 4.69) is 0 Å². The lowest BCUT2D eigenvalue weighted by molar-refractivity contribution is 0.0463. The van der Waals surface area contributed by atoms with Gasteiger partial charge in [0.1, 0.15) is 17.2 Å². The zero-order valence-electron chi connectivity index (χ0n) is 14.9. The Labute approximate surface area is 162 Å². The quantitative estimate of drug-likeness (QED) is 0.612. The number of thiophene rings is 1. The third-order valence-electron chi connectivity index (χ3n) is 4.81. The van der Waals surface area contributed by atoms with Gasteiger partial charge in [-0.25, -0.2) is 13.2 Å². The molecule has 0 aliphatic carbocycles. The number of aryl methyl sites for hydroxylation is 1. The lowest BCUT2D eigenvalue weighted by atomic mass is 10.2. The monoisotopic (exact) mass is 404 g/mol. The van der Waals surface area contributed by atoms with E-state index in [4.69, 9.17) is 4.74 Å². The van der Waals surface area contributed by atoms with Crippen LogP contribution >= 0.6 is 11.3 Å². The number of ether oxygens (including phenoxy) is 1. The van der Waals surface area contributed by atoms with E-state index in [9.17, 15) is 13.2 Å². The first kappa shape index (κ1) is 18.2. The van der Waals surface area contributed by atoms with E-state index in [0.717, 1.165) is 28.5 Å². The van der Waals surface area contributed by atoms with Gasteiger partial charge < -0.3 is 9.30 Å². The third-order valence-corrected chi connectivity index (χ3v) is 7.69. The van der Waals surface area contributed by atoms with Crippen LogP contribution in [0.5, 0.6) is 0 Å². The fourth-order valence-electron chi connectivity index (χ4n) is 3.32. The van der Waals surface area contributed by atoms with Crippen molar-refractivity contribution in [3.63, 3.8) is 0 Å². The molecule has 6 nitrogen and oxygen atoms in total. The number of fused-ring (bicyclic) bond motifs is 1. The molecule has 0 atom stereocenters. The van der Waals surface area contributed by atoms with Crippen LogP contribution in [0.2, 0.25) is 0 Å². The molecule has 0 radical (unpaired) electrons. The number of hydrogen-bond acceptors (Lipinski definition) is 5. The molecule has 1 fully saturated rings. The van der Waals surface area contributed by atoms with Crippen molar-refractivity contribution in [2.75, 3.05) is 13.1 Å². The molecule has 27 heavy (non-hydrogen) atoms. The van der Waals surface area contributed by atoms with Crippen LogP contribution in [0.15, 0.2) is 46.8 Å². The summed E-state index contributed by atoms with van der Waals surface area (Å²) in [6.07, 6.45) is 3.22. The van der Waals surface area contributed by atoms with E-state index in [1.54, 1.807) is 18.4 Å². The average molecular weight is 405 g/mol. The molecule has 0 spiro atoms. The van der Waals surface area contributed by atoms with E-state index in [-0.39, 0.29) is 17.2 Å². The van der Waals surface area contributed by atoms with Gasteiger partial charge in [0, 0.05) is 36.6 Å². The first-order valence-electron chi connectivity index (χ1n) is 8.75. The molecule has 0 unspecified atom stereocenters. The van der Waals surface area contributed by atoms with E-state index < -0.39 is 16.0 Å². The van der Waals surface area contributed by atoms with Gasteiger partial charge in [-0.15, -0.1) is 11.3 Å². The second-order valence-corrected chi connectivity index (χ2v) is 9.47. The summed E-state index contributed by atoms with van der Waals surface area (Å²) < 4.78 is 34.9. The van der Waals surface area contributed by atoms with Gasteiger partial charge in [-0.1, -0.05) is 18.2 Å². The van der Waals surface area contributed by atoms with Crippen molar-refractivity contribution in [2.24, 2.45) is 7.05 Å². The summed E-state index contributed by atoms with van der Waals surface area (Å²) in [5.74, 6) is -0.532. The van der Waals surface area contributed by atoms with Crippen molar-refractivity contribution >= 4 is 37.4 Å². The minimum Gasteiger partial charge on any atom is -0.456 e. The highest BCUT2D eigenvalue weighted by Gasteiger charge is 2.29. The average Bonchev–Trinajstić information content (AvgIpc) is 3.39. The van der Waals surface area contributed by atoms with Crippen LogP contribution in [0.3, 0.4) is 0 Å². The summed E-state index contributed by atoms with van der Waals surface area (Å²) >= 11 is 1.60. The summed E-state index contributed by atoms with van der Waals surface area (Å²) in [7, 11) is -1.90. The first-order valence-corrected chi connectivity index (χ1v) is 11.1. The molecule has 1 aliphatic rings. The lowest BCUT2D eigenvalue weighted by Gasteiger charge is -2.13. The van der Waals surface area contributed by atoms with Crippen molar-refractivity contribution in [2.45, 2.75) is 24.3 Å². The van der Waals surface area contributed by atoms with Crippen LogP contribution in [0.1, 0.15) is 28.9 Å². The van der Waals surface area contributed by atoms with Crippen molar-refractivity contribution in [3.8, 4) is 0 Å². The van der Waals surface area contributed by atoms with Crippen LogP contribution in [0.4, 0.5) is 0 Å². The standard InChI is InChI=1S/C19H20N2O4S2/c1-20-11-15(27(23,24)21-8-4-5-9-21)10-17(20)19(22)25-12-14-13-26-18-7-3-2-6-16(14)18/h2-3,6-7,10-11,13H,4-5,8-9,12H2,1H3. The molecule has 1 aliphatic heterocycles. The Balaban J connectivity index is 1.51. The first-order chi connectivity index (χ1) is 13.0. The summed E-state index contributed by atoms with van der Waals surface area (Å²) in [6.45, 7) is 1.21. The molecule has 1 saturated heterocycles. The van der Waals surface area contributed by atoms with E-state index in [0.29, 0.717) is 13.1 Å². The Morgan fingerprint density at radius 1 is 1.22 bits per heavy atom. The molecule has 0 N–H and O–H groups in total.